The summed E-state index contributed by atoms with van der Waals surface area (Å²) in [6.45, 7) is 4.90. The van der Waals surface area contributed by atoms with E-state index in [2.05, 4.69) is 0 Å². The van der Waals surface area contributed by atoms with Crippen molar-refractivity contribution in [3.8, 4) is 0 Å². The lowest BCUT2D eigenvalue weighted by atomic mass is 10.1. The first kappa shape index (κ1) is 16.6. The molecule has 0 spiro atoms. The van der Waals surface area contributed by atoms with Crippen LogP contribution in [-0.4, -0.2) is 26.9 Å². The van der Waals surface area contributed by atoms with Gasteiger partial charge in [0.05, 0.1) is 5.92 Å². The predicted octanol–water partition coefficient (Wildman–Crippen LogP) is 3.20. The molecule has 19 heavy (non-hydrogen) atoms. The monoisotopic (exact) mass is 328 g/mol. The van der Waals surface area contributed by atoms with E-state index in [0.29, 0.717) is 0 Å². The zero-order valence-corrected chi connectivity index (χ0v) is 13.0. The van der Waals surface area contributed by atoms with E-state index >= 15 is 0 Å². The maximum atomic E-state index is 11.0. The highest BCUT2D eigenvalue weighted by molar-refractivity contribution is 6.68. The van der Waals surface area contributed by atoms with Crippen molar-refractivity contribution in [1.29, 1.82) is 0 Å². The maximum Gasteiger partial charge on any atom is 0.307 e. The van der Waals surface area contributed by atoms with Crippen molar-refractivity contribution in [2.45, 2.75) is 30.7 Å². The summed E-state index contributed by atoms with van der Waals surface area (Å²) in [5.41, 5.74) is -0.350. The first-order valence-electron chi connectivity index (χ1n) is 5.63. The highest BCUT2D eigenvalue weighted by Crippen LogP contribution is 2.59. The van der Waals surface area contributed by atoms with Crippen LogP contribution in [0.5, 0.6) is 0 Å². The van der Waals surface area contributed by atoms with Crippen molar-refractivity contribution in [2.75, 3.05) is 0 Å². The summed E-state index contributed by atoms with van der Waals surface area (Å²) in [5.74, 6) is -2.09. The van der Waals surface area contributed by atoms with Crippen molar-refractivity contribution in [3.63, 3.8) is 0 Å². The number of allylic oxidation sites excluding steroid dienone is 1. The molecular formula is C12H15Cl3O4. The summed E-state index contributed by atoms with van der Waals surface area (Å²) in [6, 6.07) is 0. The van der Waals surface area contributed by atoms with Crippen molar-refractivity contribution >= 4 is 46.7 Å². The second-order valence-corrected chi connectivity index (χ2v) is 7.49. The summed E-state index contributed by atoms with van der Waals surface area (Å²) in [4.78, 5) is 21.9. The van der Waals surface area contributed by atoms with Crippen LogP contribution in [-0.2, 0) is 14.3 Å². The zero-order valence-electron chi connectivity index (χ0n) is 10.7. The first-order valence-corrected chi connectivity index (χ1v) is 6.76. The lowest BCUT2D eigenvalue weighted by Gasteiger charge is -2.20. The van der Waals surface area contributed by atoms with E-state index in [9.17, 15) is 9.59 Å². The van der Waals surface area contributed by atoms with Gasteiger partial charge in [0, 0.05) is 6.92 Å². The number of carbonyl (C=O) groups excluding carboxylic acids is 1. The molecule has 1 fully saturated rings. The topological polar surface area (TPSA) is 63.6 Å². The SMILES string of the molecule is CC(=O)OC(C=C[C@H]1[C@@H](C(=O)O)C1(C)C)C(Cl)(Cl)Cl. The Labute approximate surface area is 126 Å². The van der Waals surface area contributed by atoms with E-state index in [1.807, 2.05) is 13.8 Å². The van der Waals surface area contributed by atoms with E-state index in [4.69, 9.17) is 44.6 Å². The molecule has 1 aliphatic rings. The van der Waals surface area contributed by atoms with Crippen LogP contribution in [0.1, 0.15) is 20.8 Å². The first-order chi connectivity index (χ1) is 8.48. The molecule has 0 heterocycles. The molecule has 0 aliphatic heterocycles. The fourth-order valence-electron chi connectivity index (χ4n) is 2.12. The van der Waals surface area contributed by atoms with Crippen molar-refractivity contribution in [2.24, 2.45) is 17.3 Å². The van der Waals surface area contributed by atoms with Crippen molar-refractivity contribution < 1.29 is 19.4 Å². The zero-order chi connectivity index (χ0) is 15.0. The number of hydrogen-bond acceptors (Lipinski definition) is 3. The lowest BCUT2D eigenvalue weighted by molar-refractivity contribution is -0.144. The van der Waals surface area contributed by atoms with Crippen LogP contribution < -0.4 is 0 Å². The number of hydrogen-bond donors (Lipinski definition) is 1. The molecule has 0 aromatic heterocycles. The van der Waals surface area contributed by atoms with E-state index in [0.717, 1.165) is 0 Å². The highest BCUT2D eigenvalue weighted by Gasteiger charge is 2.60. The molecule has 4 nitrogen and oxygen atoms in total. The molecule has 7 heteroatoms. The summed E-state index contributed by atoms with van der Waals surface area (Å²) >= 11 is 17.1. The Bertz CT molecular complexity index is 412. The Morgan fingerprint density at radius 3 is 2.21 bits per heavy atom. The third-order valence-electron chi connectivity index (χ3n) is 3.29. The third-order valence-corrected chi connectivity index (χ3v) is 3.93. The lowest BCUT2D eigenvalue weighted by Crippen LogP contribution is -2.28. The van der Waals surface area contributed by atoms with Gasteiger partial charge in [-0.15, -0.1) is 0 Å². The molecule has 1 aliphatic carbocycles. The Balaban J connectivity index is 2.79. The molecule has 0 saturated heterocycles. The number of carbonyl (C=O) groups is 2. The maximum absolute atomic E-state index is 11.0. The summed E-state index contributed by atoms with van der Waals surface area (Å²) in [5, 5.41) is 9.03. The average Bonchev–Trinajstić information content (AvgIpc) is 2.73. The normalized spacial score (nSPS) is 27.1. The van der Waals surface area contributed by atoms with Crippen LogP contribution in [0.15, 0.2) is 12.2 Å². The molecule has 0 bridgehead atoms. The minimum absolute atomic E-state index is 0.171. The predicted molar refractivity (Wildman–Crippen MR) is 73.4 cm³/mol. The Morgan fingerprint density at radius 2 is 1.89 bits per heavy atom. The van der Waals surface area contributed by atoms with Gasteiger partial charge in [-0.2, -0.15) is 0 Å². The summed E-state index contributed by atoms with van der Waals surface area (Å²) < 4.78 is 3.10. The highest BCUT2D eigenvalue weighted by atomic mass is 35.6. The van der Waals surface area contributed by atoms with Crippen LogP contribution in [0.3, 0.4) is 0 Å². The second kappa shape index (κ2) is 5.51. The molecule has 0 amide bonds. The third kappa shape index (κ3) is 4.01. The fourth-order valence-corrected chi connectivity index (χ4v) is 2.48. The van der Waals surface area contributed by atoms with E-state index in [1.54, 1.807) is 6.08 Å². The minimum atomic E-state index is -1.79. The molecule has 1 saturated carbocycles. The van der Waals surface area contributed by atoms with Gasteiger partial charge in [0.1, 0.15) is 0 Å². The molecular weight excluding hydrogens is 314 g/mol. The van der Waals surface area contributed by atoms with Gasteiger partial charge >= 0.3 is 11.9 Å². The van der Waals surface area contributed by atoms with Gasteiger partial charge in [0.25, 0.3) is 0 Å². The van der Waals surface area contributed by atoms with E-state index < -0.39 is 27.8 Å². The standard InChI is InChI=1S/C12H15Cl3O4/c1-6(16)19-8(12(13,14)15)5-4-7-9(10(17)18)11(7,2)3/h4-5,7-9H,1-3H3,(H,17,18)/t7-,8?,9-/m0/s1. The van der Waals surface area contributed by atoms with Gasteiger partial charge in [0.15, 0.2) is 6.10 Å². The van der Waals surface area contributed by atoms with E-state index in [1.165, 1.54) is 13.0 Å². The molecule has 1 N–H and O–H groups in total. The molecule has 108 valence electrons. The number of rotatable bonds is 4. The van der Waals surface area contributed by atoms with Gasteiger partial charge in [-0.25, -0.2) is 0 Å². The van der Waals surface area contributed by atoms with Crippen molar-refractivity contribution in [3.05, 3.63) is 12.2 Å². The second-order valence-electron chi connectivity index (χ2n) is 5.12. The summed E-state index contributed by atoms with van der Waals surface area (Å²) in [6.07, 6.45) is 2.03. The molecule has 0 aromatic carbocycles. The summed E-state index contributed by atoms with van der Waals surface area (Å²) in [7, 11) is 0. The van der Waals surface area contributed by atoms with Crippen LogP contribution >= 0.6 is 34.8 Å². The minimum Gasteiger partial charge on any atom is -0.481 e. The number of halogens is 3. The largest absolute Gasteiger partial charge is 0.481 e. The molecule has 1 unspecified atom stereocenters. The van der Waals surface area contributed by atoms with Crippen LogP contribution in [0.4, 0.5) is 0 Å². The fraction of sp³-hybridized carbons (Fsp3) is 0.667. The smallest absolute Gasteiger partial charge is 0.307 e. The van der Waals surface area contributed by atoms with E-state index in [-0.39, 0.29) is 11.3 Å². The number of alkyl halides is 3. The van der Waals surface area contributed by atoms with Gasteiger partial charge < -0.3 is 9.84 Å². The Hall–Kier alpha value is -0.450. The Kier molecular flexibility index (Phi) is 4.81. The molecule has 0 radical (unpaired) electrons. The quantitative estimate of drug-likeness (QED) is 0.489. The van der Waals surface area contributed by atoms with Crippen LogP contribution in [0.2, 0.25) is 0 Å². The Morgan fingerprint density at radius 1 is 1.37 bits per heavy atom. The van der Waals surface area contributed by atoms with Crippen molar-refractivity contribution in [1.82, 2.24) is 0 Å². The van der Waals surface area contributed by atoms with Gasteiger partial charge in [0.2, 0.25) is 3.79 Å². The number of esters is 1. The molecule has 0 aromatic rings. The van der Waals surface area contributed by atoms with Crippen LogP contribution in [0, 0.1) is 17.3 Å². The molecule has 3 atom stereocenters. The number of ether oxygens (including phenoxy) is 1. The number of aliphatic carboxylic acids is 1. The average molecular weight is 330 g/mol. The van der Waals surface area contributed by atoms with Crippen LogP contribution in [0.25, 0.3) is 0 Å². The van der Waals surface area contributed by atoms with Gasteiger partial charge in [-0.1, -0.05) is 54.7 Å². The molecule has 1 rings (SSSR count). The van der Waals surface area contributed by atoms with Gasteiger partial charge in [-0.3, -0.25) is 9.59 Å². The number of carboxylic acid groups (broad SMARTS) is 1. The van der Waals surface area contributed by atoms with Gasteiger partial charge in [-0.05, 0) is 17.4 Å². The number of carboxylic acids is 1.